The van der Waals surface area contributed by atoms with E-state index in [2.05, 4.69) is 55.5 Å². The fourth-order valence-corrected chi connectivity index (χ4v) is 4.88. The molecule has 0 saturated heterocycles. The molecule has 2 aromatic heterocycles. The van der Waals surface area contributed by atoms with Crippen LogP contribution in [-0.4, -0.2) is 24.3 Å². The Balaban J connectivity index is 1.47. The molecule has 42 heavy (non-hydrogen) atoms. The van der Waals surface area contributed by atoms with Crippen LogP contribution in [0.2, 0.25) is 0 Å². The molecule has 0 atom stereocenters. The van der Waals surface area contributed by atoms with Crippen LogP contribution < -0.4 is 9.47 Å². The summed E-state index contributed by atoms with van der Waals surface area (Å²) in [7, 11) is 0. The highest BCUT2D eigenvalue weighted by molar-refractivity contribution is 5.84. The van der Waals surface area contributed by atoms with Crippen molar-refractivity contribution in [1.82, 2.24) is 0 Å². The molecule has 0 amide bonds. The number of aryl methyl sites for hydroxylation is 3. The van der Waals surface area contributed by atoms with Gasteiger partial charge >= 0.3 is 5.97 Å². The standard InChI is InChI=1S/C36H34O6/c1-5-26(21-39-31-14-15-32(25(4)18-31)42-22-35(37)38)36(29-10-6-27(7-11-29)33-16-23(2)19-40-33)30-12-8-28(9-13-30)34-17-24(3)20-41-34/h6-20H,5,21-22H2,1-4H3,(H,37,38). The van der Waals surface area contributed by atoms with Gasteiger partial charge < -0.3 is 23.4 Å². The summed E-state index contributed by atoms with van der Waals surface area (Å²) in [5, 5.41) is 8.92. The molecule has 0 bridgehead atoms. The van der Waals surface area contributed by atoms with Gasteiger partial charge in [0, 0.05) is 11.1 Å². The molecular formula is C36H34O6. The van der Waals surface area contributed by atoms with Crippen molar-refractivity contribution in [3.8, 4) is 34.1 Å². The fourth-order valence-electron chi connectivity index (χ4n) is 4.88. The molecule has 5 aromatic rings. The summed E-state index contributed by atoms with van der Waals surface area (Å²) in [4.78, 5) is 10.9. The minimum absolute atomic E-state index is 0.385. The Bertz CT molecular complexity index is 1610. The van der Waals surface area contributed by atoms with Crippen LogP contribution in [-0.2, 0) is 4.79 Å². The molecule has 6 nitrogen and oxygen atoms in total. The van der Waals surface area contributed by atoms with Crippen LogP contribution in [0.3, 0.4) is 0 Å². The third kappa shape index (κ3) is 6.66. The smallest absolute Gasteiger partial charge is 0.341 e. The molecule has 5 rings (SSSR count). The largest absolute Gasteiger partial charge is 0.489 e. The highest BCUT2D eigenvalue weighted by atomic mass is 16.5. The van der Waals surface area contributed by atoms with E-state index in [1.165, 1.54) is 0 Å². The minimum atomic E-state index is -1.01. The number of rotatable bonds is 11. The van der Waals surface area contributed by atoms with Crippen LogP contribution >= 0.6 is 0 Å². The van der Waals surface area contributed by atoms with Crippen molar-refractivity contribution in [3.05, 3.63) is 125 Å². The van der Waals surface area contributed by atoms with Gasteiger partial charge in [-0.1, -0.05) is 55.5 Å². The molecular weight excluding hydrogens is 528 g/mol. The Hall–Kier alpha value is -4.97. The van der Waals surface area contributed by atoms with Crippen molar-refractivity contribution in [1.29, 1.82) is 0 Å². The van der Waals surface area contributed by atoms with Gasteiger partial charge in [-0.25, -0.2) is 4.79 Å². The average Bonchev–Trinajstić information content (AvgIpc) is 3.63. The highest BCUT2D eigenvalue weighted by Gasteiger charge is 2.15. The predicted molar refractivity (Wildman–Crippen MR) is 164 cm³/mol. The van der Waals surface area contributed by atoms with Crippen molar-refractivity contribution >= 4 is 11.5 Å². The first-order valence-corrected chi connectivity index (χ1v) is 13.9. The molecule has 2 heterocycles. The number of furan rings is 2. The number of hydrogen-bond acceptors (Lipinski definition) is 5. The first-order valence-electron chi connectivity index (χ1n) is 13.9. The third-order valence-electron chi connectivity index (χ3n) is 7.07. The molecule has 0 unspecified atom stereocenters. The predicted octanol–water partition coefficient (Wildman–Crippen LogP) is 8.89. The summed E-state index contributed by atoms with van der Waals surface area (Å²) in [5.74, 6) is 1.88. The first kappa shape index (κ1) is 28.6. The normalized spacial score (nSPS) is 10.9. The van der Waals surface area contributed by atoms with Crippen molar-refractivity contribution < 1.29 is 28.2 Å². The van der Waals surface area contributed by atoms with E-state index in [1.807, 2.05) is 39.0 Å². The van der Waals surface area contributed by atoms with E-state index in [0.717, 1.165) is 68.0 Å². The lowest BCUT2D eigenvalue weighted by atomic mass is 9.90. The number of ether oxygens (including phenoxy) is 2. The molecule has 0 aliphatic heterocycles. The van der Waals surface area contributed by atoms with Crippen LogP contribution in [0.25, 0.3) is 28.2 Å². The van der Waals surface area contributed by atoms with Gasteiger partial charge in [0.2, 0.25) is 0 Å². The van der Waals surface area contributed by atoms with Gasteiger partial charge in [0.1, 0.15) is 29.6 Å². The van der Waals surface area contributed by atoms with E-state index >= 15 is 0 Å². The van der Waals surface area contributed by atoms with Crippen LogP contribution in [0.5, 0.6) is 11.5 Å². The summed E-state index contributed by atoms with van der Waals surface area (Å²) in [6.45, 7) is 8.04. The second-order valence-electron chi connectivity index (χ2n) is 10.4. The Morgan fingerprint density at radius 2 is 1.26 bits per heavy atom. The highest BCUT2D eigenvalue weighted by Crippen LogP contribution is 2.33. The van der Waals surface area contributed by atoms with E-state index in [1.54, 1.807) is 24.7 Å². The lowest BCUT2D eigenvalue weighted by Gasteiger charge is -2.18. The maximum absolute atomic E-state index is 10.9. The van der Waals surface area contributed by atoms with E-state index in [-0.39, 0.29) is 6.61 Å². The molecule has 0 aliphatic rings. The Labute approximate surface area is 245 Å². The van der Waals surface area contributed by atoms with Gasteiger partial charge in [0.05, 0.1) is 12.5 Å². The second kappa shape index (κ2) is 12.7. The fraction of sp³-hybridized carbons (Fsp3) is 0.194. The van der Waals surface area contributed by atoms with Gasteiger partial charge in [-0.05, 0) is 96.5 Å². The van der Waals surface area contributed by atoms with Gasteiger partial charge in [-0.3, -0.25) is 0 Å². The summed E-state index contributed by atoms with van der Waals surface area (Å²) in [6, 6.07) is 26.3. The van der Waals surface area contributed by atoms with E-state index < -0.39 is 5.97 Å². The molecule has 3 aromatic carbocycles. The number of carboxylic acids is 1. The van der Waals surface area contributed by atoms with Gasteiger partial charge in [0.15, 0.2) is 6.61 Å². The van der Waals surface area contributed by atoms with E-state index in [9.17, 15) is 4.79 Å². The van der Waals surface area contributed by atoms with Crippen molar-refractivity contribution in [2.45, 2.75) is 34.1 Å². The quantitative estimate of drug-likeness (QED) is 0.173. The number of carbonyl (C=O) groups is 1. The molecule has 0 aliphatic carbocycles. The minimum Gasteiger partial charge on any atom is -0.489 e. The topological polar surface area (TPSA) is 82.0 Å². The molecule has 6 heteroatoms. The van der Waals surface area contributed by atoms with Gasteiger partial charge in [-0.15, -0.1) is 0 Å². The molecule has 0 fully saturated rings. The molecule has 214 valence electrons. The average molecular weight is 563 g/mol. The third-order valence-corrected chi connectivity index (χ3v) is 7.07. The summed E-state index contributed by atoms with van der Waals surface area (Å²) in [5.41, 5.74) is 9.43. The van der Waals surface area contributed by atoms with Crippen LogP contribution in [0.15, 0.2) is 106 Å². The van der Waals surface area contributed by atoms with Crippen LogP contribution in [0.4, 0.5) is 0 Å². The zero-order chi connectivity index (χ0) is 29.6. The Kier molecular flexibility index (Phi) is 8.63. The van der Waals surface area contributed by atoms with Crippen molar-refractivity contribution in [2.75, 3.05) is 13.2 Å². The van der Waals surface area contributed by atoms with Gasteiger partial charge in [0.25, 0.3) is 0 Å². The molecule has 0 saturated carbocycles. The van der Waals surface area contributed by atoms with Crippen LogP contribution in [0, 0.1) is 20.8 Å². The van der Waals surface area contributed by atoms with Gasteiger partial charge in [-0.2, -0.15) is 0 Å². The lowest BCUT2D eigenvalue weighted by Crippen LogP contribution is -2.10. The van der Waals surface area contributed by atoms with Crippen molar-refractivity contribution in [2.24, 2.45) is 0 Å². The maximum Gasteiger partial charge on any atom is 0.341 e. The van der Waals surface area contributed by atoms with Crippen LogP contribution in [0.1, 0.15) is 41.2 Å². The monoisotopic (exact) mass is 562 g/mol. The lowest BCUT2D eigenvalue weighted by molar-refractivity contribution is -0.139. The molecule has 0 radical (unpaired) electrons. The summed E-state index contributed by atoms with van der Waals surface area (Å²) >= 11 is 0. The summed E-state index contributed by atoms with van der Waals surface area (Å²) < 4.78 is 23.1. The zero-order valence-corrected chi connectivity index (χ0v) is 24.3. The second-order valence-corrected chi connectivity index (χ2v) is 10.4. The number of hydrogen-bond donors (Lipinski definition) is 1. The Morgan fingerprint density at radius 3 is 1.69 bits per heavy atom. The number of carboxylic acid groups (broad SMARTS) is 1. The first-order chi connectivity index (χ1) is 20.3. The Morgan fingerprint density at radius 1 is 0.714 bits per heavy atom. The molecule has 1 N–H and O–H groups in total. The van der Waals surface area contributed by atoms with Crippen molar-refractivity contribution in [3.63, 3.8) is 0 Å². The maximum atomic E-state index is 10.9. The van der Waals surface area contributed by atoms with E-state index in [4.69, 9.17) is 23.4 Å². The summed E-state index contributed by atoms with van der Waals surface area (Å²) in [6.07, 6.45) is 4.30. The number of aliphatic carboxylic acids is 1. The SMILES string of the molecule is CCC(COc1ccc(OCC(=O)O)c(C)c1)=C(c1ccc(-c2cc(C)co2)cc1)c1ccc(-c2cc(C)co2)cc1. The van der Waals surface area contributed by atoms with E-state index in [0.29, 0.717) is 18.1 Å². The molecule has 0 spiro atoms. The number of benzene rings is 3. The zero-order valence-electron chi connectivity index (χ0n) is 24.3.